The molecule has 3 nitrogen and oxygen atoms in total. The van der Waals surface area contributed by atoms with Crippen LogP contribution in [0.25, 0.3) is 0 Å². The number of ether oxygens (including phenoxy) is 1. The minimum absolute atomic E-state index is 0.540. The first-order valence-electron chi connectivity index (χ1n) is 7.42. The van der Waals surface area contributed by atoms with Crippen LogP contribution in [0.15, 0.2) is 24.3 Å². The van der Waals surface area contributed by atoms with E-state index >= 15 is 0 Å². The second kappa shape index (κ2) is 5.51. The van der Waals surface area contributed by atoms with Gasteiger partial charge in [0.05, 0.1) is 6.61 Å². The minimum atomic E-state index is 0.540. The number of likely N-dealkylation sites (tertiary alicyclic amines) is 1. The summed E-state index contributed by atoms with van der Waals surface area (Å²) in [6.45, 7) is 7.50. The fourth-order valence-corrected chi connectivity index (χ4v) is 3.49. The number of nitrogens with two attached hydrogens (primary N) is 1. The molecule has 1 aromatic rings. The van der Waals surface area contributed by atoms with Crippen LogP contribution in [0.5, 0.6) is 5.75 Å². The molecule has 3 unspecified atom stereocenters. The van der Waals surface area contributed by atoms with E-state index in [-0.39, 0.29) is 0 Å². The monoisotopic (exact) mass is 260 g/mol. The Morgan fingerprint density at radius 3 is 3.00 bits per heavy atom. The Bertz CT molecular complexity index is 435. The number of hydrogen-bond acceptors (Lipinski definition) is 3. The highest BCUT2D eigenvalue weighted by Gasteiger charge is 2.30. The molecule has 0 amide bonds. The molecule has 2 N–H and O–H groups in total. The lowest BCUT2D eigenvalue weighted by atomic mass is 9.86. The van der Waals surface area contributed by atoms with E-state index in [0.717, 1.165) is 31.4 Å². The van der Waals surface area contributed by atoms with Gasteiger partial charge in [-0.15, -0.1) is 0 Å². The molecular formula is C16H24N2O. The van der Waals surface area contributed by atoms with E-state index in [9.17, 15) is 0 Å². The molecule has 3 atom stereocenters. The number of fused-ring (bicyclic) bond motifs is 1. The number of rotatable bonds is 3. The van der Waals surface area contributed by atoms with E-state index in [1.54, 1.807) is 0 Å². The Morgan fingerprint density at radius 2 is 2.21 bits per heavy atom. The van der Waals surface area contributed by atoms with Crippen LogP contribution < -0.4 is 10.5 Å². The van der Waals surface area contributed by atoms with Gasteiger partial charge < -0.3 is 15.4 Å². The number of hydrogen-bond donors (Lipinski definition) is 1. The summed E-state index contributed by atoms with van der Waals surface area (Å²) in [7, 11) is 0. The highest BCUT2D eigenvalue weighted by Crippen LogP contribution is 2.34. The van der Waals surface area contributed by atoms with Crippen molar-refractivity contribution in [3.8, 4) is 5.75 Å². The molecule has 19 heavy (non-hydrogen) atoms. The number of benzene rings is 1. The molecule has 2 heterocycles. The van der Waals surface area contributed by atoms with Gasteiger partial charge in [-0.25, -0.2) is 0 Å². The van der Waals surface area contributed by atoms with Gasteiger partial charge in [0, 0.05) is 24.6 Å². The van der Waals surface area contributed by atoms with Crippen molar-refractivity contribution in [2.75, 3.05) is 32.8 Å². The van der Waals surface area contributed by atoms with E-state index in [4.69, 9.17) is 10.5 Å². The van der Waals surface area contributed by atoms with Crippen LogP contribution in [0.3, 0.4) is 0 Å². The Labute approximate surface area is 115 Å². The zero-order valence-corrected chi connectivity index (χ0v) is 11.7. The Hall–Kier alpha value is -1.06. The van der Waals surface area contributed by atoms with E-state index in [2.05, 4.69) is 36.1 Å². The predicted octanol–water partition coefficient (Wildman–Crippen LogP) is 2.08. The molecular weight excluding hydrogens is 236 g/mol. The largest absolute Gasteiger partial charge is 0.493 e. The van der Waals surface area contributed by atoms with Gasteiger partial charge in [-0.05, 0) is 37.4 Å². The molecule has 3 rings (SSSR count). The first kappa shape index (κ1) is 12.9. The van der Waals surface area contributed by atoms with Crippen LogP contribution in [0, 0.1) is 11.8 Å². The second-order valence-corrected chi connectivity index (χ2v) is 6.07. The van der Waals surface area contributed by atoms with E-state index in [0.29, 0.717) is 11.8 Å². The summed E-state index contributed by atoms with van der Waals surface area (Å²) in [5.41, 5.74) is 7.21. The van der Waals surface area contributed by atoms with Crippen LogP contribution in [0.4, 0.5) is 0 Å². The fraction of sp³-hybridized carbons (Fsp3) is 0.625. The summed E-state index contributed by atoms with van der Waals surface area (Å²) < 4.78 is 5.78. The maximum absolute atomic E-state index is 5.83. The Kier molecular flexibility index (Phi) is 3.76. The Balaban J connectivity index is 1.62. The fourth-order valence-electron chi connectivity index (χ4n) is 3.49. The van der Waals surface area contributed by atoms with Gasteiger partial charge in [0.25, 0.3) is 0 Å². The van der Waals surface area contributed by atoms with Gasteiger partial charge in [0.1, 0.15) is 5.75 Å². The molecule has 0 spiro atoms. The summed E-state index contributed by atoms with van der Waals surface area (Å²) >= 11 is 0. The maximum atomic E-state index is 5.83. The van der Waals surface area contributed by atoms with Crippen molar-refractivity contribution < 1.29 is 4.74 Å². The quantitative estimate of drug-likeness (QED) is 0.904. The van der Waals surface area contributed by atoms with Crippen LogP contribution in [-0.2, 0) is 0 Å². The van der Waals surface area contributed by atoms with Crippen molar-refractivity contribution in [3.63, 3.8) is 0 Å². The van der Waals surface area contributed by atoms with Gasteiger partial charge >= 0.3 is 0 Å². The standard InChI is InChI=1S/C16H24N2O/c1-12-9-18(7-6-13(12)8-17)10-14-11-19-16-5-3-2-4-15(14)16/h2-5,12-14H,6-11,17H2,1H3. The predicted molar refractivity (Wildman–Crippen MR) is 77.4 cm³/mol. The van der Waals surface area contributed by atoms with Crippen molar-refractivity contribution in [2.24, 2.45) is 17.6 Å². The number of piperidine rings is 1. The minimum Gasteiger partial charge on any atom is -0.493 e. The van der Waals surface area contributed by atoms with Crippen molar-refractivity contribution in [1.82, 2.24) is 4.90 Å². The summed E-state index contributed by atoms with van der Waals surface area (Å²) in [5.74, 6) is 3.05. The lowest BCUT2D eigenvalue weighted by Gasteiger charge is -2.37. The average Bonchev–Trinajstić information content (AvgIpc) is 2.83. The first-order valence-corrected chi connectivity index (χ1v) is 7.42. The first-order chi connectivity index (χ1) is 9.28. The third-order valence-corrected chi connectivity index (χ3v) is 4.75. The molecule has 1 aromatic carbocycles. The third kappa shape index (κ3) is 2.63. The zero-order valence-electron chi connectivity index (χ0n) is 11.7. The summed E-state index contributed by atoms with van der Waals surface area (Å²) in [6.07, 6.45) is 1.24. The van der Waals surface area contributed by atoms with Crippen molar-refractivity contribution in [2.45, 2.75) is 19.3 Å². The summed E-state index contributed by atoms with van der Waals surface area (Å²) in [4.78, 5) is 2.59. The number of nitrogens with zero attached hydrogens (tertiary/aromatic N) is 1. The van der Waals surface area contributed by atoms with E-state index in [1.165, 1.54) is 25.1 Å². The van der Waals surface area contributed by atoms with Gasteiger partial charge in [0.15, 0.2) is 0 Å². The molecule has 2 aliphatic heterocycles. The van der Waals surface area contributed by atoms with Gasteiger partial charge in [-0.1, -0.05) is 25.1 Å². The molecule has 0 radical (unpaired) electrons. The maximum Gasteiger partial charge on any atom is 0.122 e. The molecule has 1 saturated heterocycles. The molecule has 3 heteroatoms. The normalized spacial score (nSPS) is 30.9. The topological polar surface area (TPSA) is 38.5 Å². The molecule has 0 aliphatic carbocycles. The molecule has 2 aliphatic rings. The number of para-hydroxylation sites is 1. The molecule has 1 fully saturated rings. The highest BCUT2D eigenvalue weighted by molar-refractivity contribution is 5.39. The van der Waals surface area contributed by atoms with Crippen LogP contribution in [0.2, 0.25) is 0 Å². The van der Waals surface area contributed by atoms with Gasteiger partial charge in [0.2, 0.25) is 0 Å². The third-order valence-electron chi connectivity index (χ3n) is 4.75. The summed E-state index contributed by atoms with van der Waals surface area (Å²) in [6, 6.07) is 8.46. The smallest absolute Gasteiger partial charge is 0.122 e. The second-order valence-electron chi connectivity index (χ2n) is 6.07. The molecule has 0 bridgehead atoms. The molecule has 0 aromatic heterocycles. The lowest BCUT2D eigenvalue weighted by Crippen LogP contribution is -2.43. The molecule has 104 valence electrons. The SMILES string of the molecule is CC1CN(CC2COc3ccccc32)CCC1CN. The summed E-state index contributed by atoms with van der Waals surface area (Å²) in [5, 5.41) is 0. The molecule has 0 saturated carbocycles. The van der Waals surface area contributed by atoms with Crippen LogP contribution in [-0.4, -0.2) is 37.7 Å². The Morgan fingerprint density at radius 1 is 1.37 bits per heavy atom. The highest BCUT2D eigenvalue weighted by atomic mass is 16.5. The lowest BCUT2D eigenvalue weighted by molar-refractivity contribution is 0.122. The van der Waals surface area contributed by atoms with E-state index < -0.39 is 0 Å². The average molecular weight is 260 g/mol. The van der Waals surface area contributed by atoms with Crippen LogP contribution >= 0.6 is 0 Å². The van der Waals surface area contributed by atoms with Crippen LogP contribution in [0.1, 0.15) is 24.8 Å². The van der Waals surface area contributed by atoms with E-state index in [1.807, 2.05) is 0 Å². The van der Waals surface area contributed by atoms with Crippen molar-refractivity contribution in [3.05, 3.63) is 29.8 Å². The van der Waals surface area contributed by atoms with Crippen molar-refractivity contribution in [1.29, 1.82) is 0 Å². The van der Waals surface area contributed by atoms with Crippen molar-refractivity contribution >= 4 is 0 Å². The van der Waals surface area contributed by atoms with Gasteiger partial charge in [-0.3, -0.25) is 0 Å². The van der Waals surface area contributed by atoms with Gasteiger partial charge in [-0.2, -0.15) is 0 Å². The zero-order chi connectivity index (χ0) is 13.2.